The van der Waals surface area contributed by atoms with Crippen LogP contribution in [0.5, 0.6) is 5.75 Å². The largest absolute Gasteiger partial charge is 0.497 e. The number of ether oxygens (including phenoxy) is 1. The normalized spacial score (nSPS) is 10.5. The number of hydrogen-bond donors (Lipinski definition) is 1. The van der Waals surface area contributed by atoms with E-state index in [2.05, 4.69) is 15.3 Å². The van der Waals surface area contributed by atoms with Crippen molar-refractivity contribution < 1.29 is 4.74 Å². The van der Waals surface area contributed by atoms with E-state index in [4.69, 9.17) is 4.74 Å². The number of hydrogen-bond acceptors (Lipinski definition) is 5. The number of benzene rings is 1. The fourth-order valence-electron chi connectivity index (χ4n) is 1.88. The van der Waals surface area contributed by atoms with Gasteiger partial charge in [0.15, 0.2) is 10.9 Å². The van der Waals surface area contributed by atoms with Crippen LogP contribution in [0.15, 0.2) is 42.0 Å². The first-order chi connectivity index (χ1) is 9.76. The molecule has 0 atom stereocenters. The molecule has 2 heterocycles. The minimum absolute atomic E-state index is 0.817. The topological polar surface area (TPSA) is 52.0 Å². The number of methoxy groups -OCH3 is 1. The smallest absolute Gasteiger partial charge is 0.189 e. The van der Waals surface area contributed by atoms with Gasteiger partial charge in [0.25, 0.3) is 0 Å². The molecule has 0 aliphatic rings. The Morgan fingerprint density at radius 3 is 3.00 bits per heavy atom. The zero-order chi connectivity index (χ0) is 13.9. The van der Waals surface area contributed by atoms with Crippen LogP contribution in [0, 0.1) is 6.92 Å². The van der Waals surface area contributed by atoms with Crippen molar-refractivity contribution in [1.82, 2.24) is 14.5 Å². The lowest BCUT2D eigenvalue weighted by molar-refractivity contribution is 0.415. The van der Waals surface area contributed by atoms with E-state index in [1.54, 1.807) is 24.6 Å². The lowest BCUT2D eigenvalue weighted by Crippen LogP contribution is -1.96. The minimum atomic E-state index is 0.817. The average molecular weight is 286 g/mol. The van der Waals surface area contributed by atoms with E-state index in [1.807, 2.05) is 47.3 Å². The van der Waals surface area contributed by atoms with Gasteiger partial charge in [-0.3, -0.25) is 4.57 Å². The van der Waals surface area contributed by atoms with Gasteiger partial charge in [-0.25, -0.2) is 9.97 Å². The monoisotopic (exact) mass is 286 g/mol. The summed E-state index contributed by atoms with van der Waals surface area (Å²) in [7, 11) is 1.66. The molecule has 1 N–H and O–H groups in total. The summed E-state index contributed by atoms with van der Waals surface area (Å²) in [5.41, 5.74) is 0.951. The molecule has 0 saturated heterocycles. The van der Waals surface area contributed by atoms with Gasteiger partial charge in [-0.15, -0.1) is 11.3 Å². The zero-order valence-electron chi connectivity index (χ0n) is 11.2. The van der Waals surface area contributed by atoms with Gasteiger partial charge in [-0.1, -0.05) is 6.07 Å². The Hall–Kier alpha value is -2.34. The Bertz CT molecular complexity index is 719. The van der Waals surface area contributed by atoms with E-state index in [1.165, 1.54) is 0 Å². The standard InChI is InChI=1S/C14H14N4OS/c1-10-15-6-7-18(10)13-9-20-14(17-13)16-11-4-3-5-12(8-11)19-2/h3-9H,1-2H3,(H,16,17). The summed E-state index contributed by atoms with van der Waals surface area (Å²) >= 11 is 1.55. The van der Waals surface area contributed by atoms with Crippen molar-refractivity contribution in [2.24, 2.45) is 0 Å². The zero-order valence-corrected chi connectivity index (χ0v) is 12.0. The molecular weight excluding hydrogens is 272 g/mol. The molecule has 0 bridgehead atoms. The SMILES string of the molecule is COc1cccc(Nc2nc(-n3ccnc3C)cs2)c1. The summed E-state index contributed by atoms with van der Waals surface area (Å²) in [5.74, 6) is 2.61. The molecule has 0 radical (unpaired) electrons. The fraction of sp³-hybridized carbons (Fsp3) is 0.143. The number of imidazole rings is 1. The Labute approximate surface area is 120 Å². The number of anilines is 2. The molecule has 20 heavy (non-hydrogen) atoms. The van der Waals surface area contributed by atoms with Gasteiger partial charge < -0.3 is 10.1 Å². The van der Waals surface area contributed by atoms with Gasteiger partial charge in [0.2, 0.25) is 0 Å². The molecule has 3 rings (SSSR count). The molecule has 0 fully saturated rings. The van der Waals surface area contributed by atoms with Gasteiger partial charge in [-0.2, -0.15) is 0 Å². The first kappa shape index (κ1) is 12.7. The molecule has 0 aliphatic carbocycles. The number of nitrogens with zero attached hydrogens (tertiary/aromatic N) is 3. The van der Waals surface area contributed by atoms with Crippen molar-refractivity contribution in [2.75, 3.05) is 12.4 Å². The van der Waals surface area contributed by atoms with E-state index in [-0.39, 0.29) is 0 Å². The molecule has 0 aliphatic heterocycles. The van der Waals surface area contributed by atoms with Crippen molar-refractivity contribution in [3.63, 3.8) is 0 Å². The maximum Gasteiger partial charge on any atom is 0.189 e. The van der Waals surface area contributed by atoms with E-state index < -0.39 is 0 Å². The Morgan fingerprint density at radius 1 is 1.35 bits per heavy atom. The highest BCUT2D eigenvalue weighted by atomic mass is 32.1. The van der Waals surface area contributed by atoms with Gasteiger partial charge in [0, 0.05) is 29.5 Å². The number of thiazole rings is 1. The van der Waals surface area contributed by atoms with E-state index in [0.717, 1.165) is 28.2 Å². The van der Waals surface area contributed by atoms with Crippen molar-refractivity contribution in [3.05, 3.63) is 47.9 Å². The number of nitrogens with one attached hydrogen (secondary N) is 1. The van der Waals surface area contributed by atoms with Gasteiger partial charge in [-0.05, 0) is 19.1 Å². The highest BCUT2D eigenvalue weighted by Crippen LogP contribution is 2.25. The Balaban J connectivity index is 1.82. The maximum absolute atomic E-state index is 5.20. The quantitative estimate of drug-likeness (QED) is 0.798. The van der Waals surface area contributed by atoms with Crippen LogP contribution in [0.2, 0.25) is 0 Å². The average Bonchev–Trinajstić information content (AvgIpc) is 3.08. The van der Waals surface area contributed by atoms with E-state index >= 15 is 0 Å². The van der Waals surface area contributed by atoms with Crippen LogP contribution in [0.25, 0.3) is 5.82 Å². The summed E-state index contributed by atoms with van der Waals surface area (Å²) in [4.78, 5) is 8.75. The predicted molar refractivity (Wildman–Crippen MR) is 80.2 cm³/mol. The molecule has 0 spiro atoms. The summed E-state index contributed by atoms with van der Waals surface area (Å²) in [6, 6.07) is 7.76. The van der Waals surface area contributed by atoms with Crippen molar-refractivity contribution >= 4 is 22.2 Å². The lowest BCUT2D eigenvalue weighted by atomic mass is 10.3. The number of aromatic nitrogens is 3. The van der Waals surface area contributed by atoms with Crippen LogP contribution in [0.1, 0.15) is 5.82 Å². The molecule has 2 aromatic heterocycles. The van der Waals surface area contributed by atoms with Crippen molar-refractivity contribution in [2.45, 2.75) is 6.92 Å². The van der Waals surface area contributed by atoms with Crippen LogP contribution in [0.4, 0.5) is 10.8 Å². The summed E-state index contributed by atoms with van der Waals surface area (Å²) in [5, 5.41) is 6.11. The lowest BCUT2D eigenvalue weighted by Gasteiger charge is -2.05. The highest BCUT2D eigenvalue weighted by Gasteiger charge is 2.06. The first-order valence-corrected chi connectivity index (χ1v) is 7.01. The molecule has 0 amide bonds. The van der Waals surface area contributed by atoms with Gasteiger partial charge in [0.1, 0.15) is 11.6 Å². The molecule has 5 nitrogen and oxygen atoms in total. The highest BCUT2D eigenvalue weighted by molar-refractivity contribution is 7.14. The molecule has 0 saturated carbocycles. The predicted octanol–water partition coefficient (Wildman–Crippen LogP) is 3.39. The first-order valence-electron chi connectivity index (χ1n) is 6.13. The van der Waals surface area contributed by atoms with Crippen LogP contribution < -0.4 is 10.1 Å². The molecule has 102 valence electrons. The summed E-state index contributed by atoms with van der Waals surface area (Å²) in [6.45, 7) is 1.95. The summed E-state index contributed by atoms with van der Waals surface area (Å²) < 4.78 is 7.15. The molecule has 0 unspecified atom stereocenters. The molecule has 3 aromatic rings. The van der Waals surface area contributed by atoms with Crippen molar-refractivity contribution in [1.29, 1.82) is 0 Å². The Morgan fingerprint density at radius 2 is 2.25 bits per heavy atom. The second-order valence-corrected chi connectivity index (χ2v) is 5.07. The van der Waals surface area contributed by atoms with Gasteiger partial charge >= 0.3 is 0 Å². The third kappa shape index (κ3) is 2.50. The second-order valence-electron chi connectivity index (χ2n) is 4.21. The van der Waals surface area contributed by atoms with Crippen LogP contribution in [0.3, 0.4) is 0 Å². The third-order valence-electron chi connectivity index (χ3n) is 2.89. The van der Waals surface area contributed by atoms with Crippen molar-refractivity contribution in [3.8, 4) is 11.6 Å². The maximum atomic E-state index is 5.20. The number of rotatable bonds is 4. The van der Waals surface area contributed by atoms with Crippen LogP contribution in [-0.4, -0.2) is 21.6 Å². The Kier molecular flexibility index (Phi) is 3.39. The number of aryl methyl sites for hydroxylation is 1. The van der Waals surface area contributed by atoms with Crippen LogP contribution in [-0.2, 0) is 0 Å². The summed E-state index contributed by atoms with van der Waals surface area (Å²) in [6.07, 6.45) is 3.67. The fourth-order valence-corrected chi connectivity index (χ4v) is 2.58. The van der Waals surface area contributed by atoms with Gasteiger partial charge in [0.05, 0.1) is 7.11 Å². The molecule has 1 aromatic carbocycles. The molecular formula is C14H14N4OS. The van der Waals surface area contributed by atoms with E-state index in [9.17, 15) is 0 Å². The third-order valence-corrected chi connectivity index (χ3v) is 3.63. The minimum Gasteiger partial charge on any atom is -0.497 e. The second kappa shape index (κ2) is 5.34. The molecule has 6 heteroatoms. The van der Waals surface area contributed by atoms with E-state index in [0.29, 0.717) is 0 Å². The van der Waals surface area contributed by atoms with Crippen LogP contribution >= 0.6 is 11.3 Å².